The molecule has 4 aromatic carbocycles. The second-order valence-electron chi connectivity index (χ2n) is 18.2. The van der Waals surface area contributed by atoms with Crippen LogP contribution in [0.25, 0.3) is 22.3 Å². The van der Waals surface area contributed by atoms with Crippen molar-refractivity contribution in [2.45, 2.75) is 136 Å². The summed E-state index contributed by atoms with van der Waals surface area (Å²) in [4.78, 5) is 2.57. The molecular weight excluding hydrogens is 579 g/mol. The molecule has 1 nitrogen and oxygen atoms in total. The third-order valence-electron chi connectivity index (χ3n) is 12.1. The van der Waals surface area contributed by atoms with Crippen LogP contribution in [0.1, 0.15) is 150 Å². The van der Waals surface area contributed by atoms with E-state index < -0.39 is 11.8 Å². The second kappa shape index (κ2) is 11.9. The van der Waals surface area contributed by atoms with Gasteiger partial charge in [0.05, 0.1) is 0 Å². The fourth-order valence-corrected chi connectivity index (χ4v) is 8.88. The highest BCUT2D eigenvalue weighted by Crippen LogP contribution is 2.56. The topological polar surface area (TPSA) is 3.24 Å². The molecule has 1 heteroatoms. The first-order valence-corrected chi connectivity index (χ1v) is 18.6. The molecule has 3 aliphatic carbocycles. The standard InChI is InChI=1S/C47H59N/c1-44(2,3)48(42-29-35(32-15-11-10-12-16-32)19-20-36(42)33-21-25-45(4,5)26-22-33)43-31-41-39(37-17-13-14-18-40(37)47(41,8)9)30-38(43)34-23-27-46(6,7)28-24-34/h10-20,29-31,33-34H,21-28H2,1-9H3/i33D,34D. The van der Waals surface area contributed by atoms with E-state index in [1.54, 1.807) is 0 Å². The number of benzene rings is 4. The lowest BCUT2D eigenvalue weighted by Gasteiger charge is -2.44. The summed E-state index contributed by atoms with van der Waals surface area (Å²) in [6, 6.07) is 31.5. The van der Waals surface area contributed by atoms with Crippen LogP contribution in [0.5, 0.6) is 0 Å². The molecule has 0 aromatic heterocycles. The molecule has 4 aromatic rings. The van der Waals surface area contributed by atoms with Crippen LogP contribution < -0.4 is 4.90 Å². The molecule has 3 aliphatic rings. The summed E-state index contributed by atoms with van der Waals surface area (Å²) >= 11 is 0. The van der Waals surface area contributed by atoms with Gasteiger partial charge in [-0.25, -0.2) is 0 Å². The van der Waals surface area contributed by atoms with Crippen molar-refractivity contribution >= 4 is 11.4 Å². The Labute approximate surface area is 295 Å². The van der Waals surface area contributed by atoms with Gasteiger partial charge in [0, 0.05) is 25.1 Å². The number of nitrogens with zero attached hydrogens (tertiary/aromatic N) is 1. The summed E-state index contributed by atoms with van der Waals surface area (Å²) < 4.78 is 20.5. The zero-order valence-electron chi connectivity index (χ0n) is 33.2. The molecule has 0 N–H and O–H groups in total. The molecule has 7 rings (SSSR count). The zero-order valence-corrected chi connectivity index (χ0v) is 31.2. The van der Waals surface area contributed by atoms with Crippen molar-refractivity contribution < 1.29 is 2.74 Å². The van der Waals surface area contributed by atoms with Crippen molar-refractivity contribution in [1.29, 1.82) is 0 Å². The van der Waals surface area contributed by atoms with E-state index in [9.17, 15) is 2.74 Å². The number of anilines is 2. The number of hydrogen-bond acceptors (Lipinski definition) is 1. The summed E-state index contributed by atoms with van der Waals surface area (Å²) in [5, 5.41) is 0. The van der Waals surface area contributed by atoms with E-state index >= 15 is 0 Å². The van der Waals surface area contributed by atoms with Crippen LogP contribution in [-0.2, 0) is 5.41 Å². The molecule has 0 bridgehead atoms. The molecule has 0 atom stereocenters. The summed E-state index contributed by atoms with van der Waals surface area (Å²) in [5.74, 6) is -1.38. The molecule has 0 spiro atoms. The first-order chi connectivity index (χ1) is 23.3. The van der Waals surface area contributed by atoms with Gasteiger partial charge < -0.3 is 4.90 Å². The Balaban J connectivity index is 1.52. The molecule has 48 heavy (non-hydrogen) atoms. The Hall–Kier alpha value is -3.32. The third kappa shape index (κ3) is 6.05. The van der Waals surface area contributed by atoms with Crippen LogP contribution in [0.2, 0.25) is 0 Å². The van der Waals surface area contributed by atoms with Gasteiger partial charge in [-0.05, 0) is 157 Å². The zero-order chi connectivity index (χ0) is 35.9. The quantitative estimate of drug-likeness (QED) is 0.210. The molecule has 0 aliphatic heterocycles. The summed E-state index contributed by atoms with van der Waals surface area (Å²) in [6.45, 7) is 21.2. The second-order valence-corrected chi connectivity index (χ2v) is 18.2. The summed E-state index contributed by atoms with van der Waals surface area (Å²) in [6.07, 6.45) is 7.60. The van der Waals surface area contributed by atoms with Crippen molar-refractivity contribution in [2.75, 3.05) is 4.90 Å². The van der Waals surface area contributed by atoms with Crippen molar-refractivity contribution in [3.05, 3.63) is 107 Å². The van der Waals surface area contributed by atoms with Gasteiger partial charge in [-0.3, -0.25) is 0 Å². The van der Waals surface area contributed by atoms with Crippen molar-refractivity contribution in [2.24, 2.45) is 10.8 Å². The fraction of sp³-hybridized carbons (Fsp3) is 0.489. The van der Waals surface area contributed by atoms with E-state index in [1.165, 1.54) is 33.4 Å². The van der Waals surface area contributed by atoms with E-state index in [1.807, 2.05) is 0 Å². The minimum atomic E-state index is -0.699. The molecule has 0 saturated heterocycles. The highest BCUT2D eigenvalue weighted by atomic mass is 15.2. The molecule has 0 unspecified atom stereocenters. The van der Waals surface area contributed by atoms with Crippen molar-refractivity contribution in [1.82, 2.24) is 0 Å². The first-order valence-electron chi connectivity index (χ1n) is 19.6. The number of rotatable bonds is 5. The Morgan fingerprint density at radius 1 is 0.562 bits per heavy atom. The van der Waals surface area contributed by atoms with Gasteiger partial charge in [0.2, 0.25) is 0 Å². The van der Waals surface area contributed by atoms with E-state index in [0.717, 1.165) is 73.9 Å². The van der Waals surface area contributed by atoms with Crippen LogP contribution in [0, 0.1) is 10.8 Å². The number of fused-ring (bicyclic) bond motifs is 3. The van der Waals surface area contributed by atoms with Crippen LogP contribution in [0.3, 0.4) is 0 Å². The molecule has 252 valence electrons. The first kappa shape index (κ1) is 30.7. The van der Waals surface area contributed by atoms with Gasteiger partial charge in [0.1, 0.15) is 0 Å². The molecule has 2 saturated carbocycles. The monoisotopic (exact) mass is 639 g/mol. The van der Waals surface area contributed by atoms with E-state index in [2.05, 4.69) is 152 Å². The third-order valence-corrected chi connectivity index (χ3v) is 12.1. The van der Waals surface area contributed by atoms with Gasteiger partial charge in [-0.15, -0.1) is 0 Å². The predicted molar refractivity (Wildman–Crippen MR) is 208 cm³/mol. The molecule has 0 radical (unpaired) electrons. The van der Waals surface area contributed by atoms with E-state index in [0.29, 0.717) is 0 Å². The van der Waals surface area contributed by atoms with Gasteiger partial charge >= 0.3 is 0 Å². The lowest BCUT2D eigenvalue weighted by molar-refractivity contribution is 0.224. The lowest BCUT2D eigenvalue weighted by atomic mass is 9.70. The van der Waals surface area contributed by atoms with Crippen LogP contribution in [0.15, 0.2) is 84.9 Å². The van der Waals surface area contributed by atoms with Crippen LogP contribution >= 0.6 is 0 Å². The minimum Gasteiger partial charge on any atom is -0.336 e. The van der Waals surface area contributed by atoms with E-state index in [4.69, 9.17) is 0 Å². The van der Waals surface area contributed by atoms with Gasteiger partial charge in [-0.1, -0.05) is 108 Å². The Morgan fingerprint density at radius 3 is 1.71 bits per heavy atom. The summed E-state index contributed by atoms with van der Waals surface area (Å²) in [7, 11) is 0. The lowest BCUT2D eigenvalue weighted by Crippen LogP contribution is -2.39. The van der Waals surface area contributed by atoms with Gasteiger partial charge in [0.25, 0.3) is 0 Å². The molecular formula is C47H59N. The van der Waals surface area contributed by atoms with Gasteiger partial charge in [-0.2, -0.15) is 0 Å². The maximum Gasteiger partial charge on any atom is 0.0457 e. The van der Waals surface area contributed by atoms with Gasteiger partial charge in [0.15, 0.2) is 0 Å². The highest BCUT2D eigenvalue weighted by molar-refractivity contribution is 5.86. The Morgan fingerprint density at radius 2 is 1.10 bits per heavy atom. The molecule has 0 amide bonds. The van der Waals surface area contributed by atoms with Crippen LogP contribution in [-0.4, -0.2) is 5.54 Å². The number of hydrogen-bond donors (Lipinski definition) is 0. The average Bonchev–Trinajstić information content (AvgIpc) is 3.29. The maximum absolute atomic E-state index is 10.3. The fourth-order valence-electron chi connectivity index (χ4n) is 8.88. The minimum absolute atomic E-state index is 0.160. The maximum atomic E-state index is 10.3. The Kier molecular flexibility index (Phi) is 7.63. The van der Waals surface area contributed by atoms with Crippen LogP contribution in [0.4, 0.5) is 11.4 Å². The van der Waals surface area contributed by atoms with E-state index in [-0.39, 0.29) is 21.8 Å². The largest absolute Gasteiger partial charge is 0.336 e. The smallest absolute Gasteiger partial charge is 0.0457 e. The molecule has 0 heterocycles. The summed E-state index contributed by atoms with van der Waals surface area (Å²) in [5.41, 5.74) is 12.3. The normalized spacial score (nSPS) is 22.2. The van der Waals surface area contributed by atoms with Crippen molar-refractivity contribution in [3.8, 4) is 22.3 Å². The Bertz CT molecular complexity index is 1890. The predicted octanol–water partition coefficient (Wildman–Crippen LogP) is 14.0. The highest BCUT2D eigenvalue weighted by Gasteiger charge is 2.40. The molecule has 2 fully saturated rings. The van der Waals surface area contributed by atoms with Crippen molar-refractivity contribution in [3.63, 3.8) is 0 Å². The average molecular weight is 640 g/mol. The SMILES string of the molecule is [2H]C1(c2ccc(-c3ccccc3)cc2N(c2cc3c(cc2C2([2H])CCC(C)(C)CC2)-c2ccccc2C3(C)C)C(C)(C)C)CCC(C)(C)CC1.